The Bertz CT molecular complexity index is 1040. The van der Waals surface area contributed by atoms with Crippen LogP contribution in [0.4, 0.5) is 0 Å². The van der Waals surface area contributed by atoms with Crippen molar-refractivity contribution in [1.29, 1.82) is 0 Å². The molecule has 0 spiro atoms. The minimum Gasteiger partial charge on any atom is -0.469 e. The van der Waals surface area contributed by atoms with Gasteiger partial charge in [-0.1, -0.05) is 30.7 Å². The van der Waals surface area contributed by atoms with E-state index >= 15 is 0 Å². The van der Waals surface area contributed by atoms with E-state index < -0.39 is 0 Å². The zero-order valence-electron chi connectivity index (χ0n) is 15.5. The summed E-state index contributed by atoms with van der Waals surface area (Å²) in [5.41, 5.74) is 1.80. The summed E-state index contributed by atoms with van der Waals surface area (Å²) in [6.45, 7) is 4.42. The Morgan fingerprint density at radius 3 is 2.63 bits per heavy atom. The predicted molar refractivity (Wildman–Crippen MR) is 110 cm³/mol. The third-order valence-corrected chi connectivity index (χ3v) is 5.76. The fraction of sp³-hybridized carbons (Fsp3) is 0.350. The van der Waals surface area contributed by atoms with Crippen molar-refractivity contribution in [1.82, 2.24) is 9.55 Å². The largest absolute Gasteiger partial charge is 0.469 e. The Balaban J connectivity index is 2.12. The van der Waals surface area contributed by atoms with Crippen molar-refractivity contribution in [3.05, 3.63) is 50.3 Å². The third kappa shape index (κ3) is 3.92. The molecule has 2 aromatic heterocycles. The molecule has 142 valence electrons. The van der Waals surface area contributed by atoms with E-state index in [1.165, 1.54) is 18.4 Å². The summed E-state index contributed by atoms with van der Waals surface area (Å²) in [4.78, 5) is 31.2. The maximum Gasteiger partial charge on any atom is 0.305 e. The lowest BCUT2D eigenvalue weighted by molar-refractivity contribution is -0.140. The van der Waals surface area contributed by atoms with Gasteiger partial charge in [0.2, 0.25) is 0 Å². The molecule has 0 bridgehead atoms. The molecule has 27 heavy (non-hydrogen) atoms. The third-order valence-electron chi connectivity index (χ3n) is 4.51. The lowest BCUT2D eigenvalue weighted by atomic mass is 10.0. The average molecular weight is 405 g/mol. The molecule has 0 aliphatic rings. The quantitative estimate of drug-likeness (QED) is 0.563. The Hall–Kier alpha value is -2.18. The average Bonchev–Trinajstić information content (AvgIpc) is 2.99. The molecule has 0 saturated carbocycles. The van der Waals surface area contributed by atoms with Crippen LogP contribution in [0.1, 0.15) is 30.5 Å². The molecule has 2 heterocycles. The van der Waals surface area contributed by atoms with Crippen LogP contribution in [0.15, 0.2) is 29.1 Å². The van der Waals surface area contributed by atoms with Gasteiger partial charge in [-0.2, -0.15) is 0 Å². The van der Waals surface area contributed by atoms with Gasteiger partial charge in [0.25, 0.3) is 5.56 Å². The topological polar surface area (TPSA) is 61.2 Å². The van der Waals surface area contributed by atoms with Gasteiger partial charge in [0.15, 0.2) is 0 Å². The number of aryl methyl sites for hydroxylation is 2. The van der Waals surface area contributed by atoms with Crippen LogP contribution in [0.3, 0.4) is 0 Å². The summed E-state index contributed by atoms with van der Waals surface area (Å²) in [6, 6.07) is 7.49. The van der Waals surface area contributed by atoms with E-state index in [-0.39, 0.29) is 17.9 Å². The summed E-state index contributed by atoms with van der Waals surface area (Å²) in [5.74, 6) is 0.463. The molecule has 0 N–H and O–H groups in total. The fourth-order valence-corrected chi connectivity index (χ4v) is 4.37. The van der Waals surface area contributed by atoms with Gasteiger partial charge in [0, 0.05) is 34.8 Å². The maximum atomic E-state index is 13.3. The number of halogens is 1. The molecule has 5 nitrogen and oxygen atoms in total. The van der Waals surface area contributed by atoms with Crippen molar-refractivity contribution in [3.63, 3.8) is 0 Å². The van der Waals surface area contributed by atoms with E-state index in [2.05, 4.69) is 4.74 Å². The Labute approximate surface area is 166 Å². The van der Waals surface area contributed by atoms with Gasteiger partial charge in [0.05, 0.1) is 12.5 Å². The molecule has 0 aliphatic heterocycles. The normalized spacial score (nSPS) is 11.1. The van der Waals surface area contributed by atoms with Gasteiger partial charge < -0.3 is 4.74 Å². The number of aromatic nitrogens is 2. The standard InChI is InChI=1S/C20H21ClN2O3S/c1-4-15-22-19-18(20(25)23(15)11-5-6-16(24)26-3)17(12(2)27-19)13-7-9-14(21)10-8-13/h7-10H,4-6,11H2,1-3H3. The van der Waals surface area contributed by atoms with Crippen LogP contribution >= 0.6 is 22.9 Å². The molecule has 3 rings (SSSR count). The zero-order valence-corrected chi connectivity index (χ0v) is 17.1. The van der Waals surface area contributed by atoms with Gasteiger partial charge in [-0.05, 0) is 31.0 Å². The van der Waals surface area contributed by atoms with Crippen molar-refractivity contribution >= 4 is 39.1 Å². The van der Waals surface area contributed by atoms with Crippen LogP contribution in [-0.2, 0) is 22.5 Å². The van der Waals surface area contributed by atoms with E-state index in [0.717, 1.165) is 26.7 Å². The van der Waals surface area contributed by atoms with Crippen LogP contribution in [0.25, 0.3) is 21.3 Å². The van der Waals surface area contributed by atoms with Gasteiger partial charge in [0.1, 0.15) is 10.7 Å². The van der Waals surface area contributed by atoms with Gasteiger partial charge in [-0.25, -0.2) is 4.98 Å². The van der Waals surface area contributed by atoms with E-state index in [4.69, 9.17) is 16.6 Å². The van der Waals surface area contributed by atoms with Crippen LogP contribution < -0.4 is 5.56 Å². The fourth-order valence-electron chi connectivity index (χ4n) is 3.19. The molecule has 0 atom stereocenters. The number of hydrogen-bond donors (Lipinski definition) is 0. The highest BCUT2D eigenvalue weighted by molar-refractivity contribution is 7.19. The Kier molecular flexibility index (Phi) is 5.97. The Morgan fingerprint density at radius 1 is 1.30 bits per heavy atom. The minimum absolute atomic E-state index is 0.0592. The van der Waals surface area contributed by atoms with Crippen LogP contribution in [0.2, 0.25) is 5.02 Å². The first-order valence-corrected chi connectivity index (χ1v) is 10.0. The van der Waals surface area contributed by atoms with Crippen molar-refractivity contribution in [2.24, 2.45) is 0 Å². The van der Waals surface area contributed by atoms with E-state index in [1.54, 1.807) is 4.57 Å². The second kappa shape index (κ2) is 8.23. The molecule has 3 aromatic rings. The molecular formula is C20H21ClN2O3S. The van der Waals surface area contributed by atoms with Crippen LogP contribution in [0, 0.1) is 6.92 Å². The molecule has 0 amide bonds. The molecule has 0 fully saturated rings. The highest BCUT2D eigenvalue weighted by Crippen LogP contribution is 2.36. The molecule has 0 aliphatic carbocycles. The SMILES string of the molecule is CCc1nc2sc(C)c(-c3ccc(Cl)cc3)c2c(=O)n1CCCC(=O)OC. The van der Waals surface area contributed by atoms with Crippen molar-refractivity contribution in [2.45, 2.75) is 39.7 Å². The summed E-state index contributed by atoms with van der Waals surface area (Å²) >= 11 is 7.54. The van der Waals surface area contributed by atoms with Crippen molar-refractivity contribution < 1.29 is 9.53 Å². The monoisotopic (exact) mass is 404 g/mol. The first kappa shape index (κ1) is 19.6. The highest BCUT2D eigenvalue weighted by Gasteiger charge is 2.19. The lowest BCUT2D eigenvalue weighted by Crippen LogP contribution is -2.25. The summed E-state index contributed by atoms with van der Waals surface area (Å²) < 4.78 is 6.38. The molecule has 0 radical (unpaired) electrons. The van der Waals surface area contributed by atoms with E-state index in [0.29, 0.717) is 29.8 Å². The van der Waals surface area contributed by atoms with Crippen LogP contribution in [-0.4, -0.2) is 22.6 Å². The van der Waals surface area contributed by atoms with E-state index in [9.17, 15) is 9.59 Å². The number of hydrogen-bond acceptors (Lipinski definition) is 5. The smallest absolute Gasteiger partial charge is 0.305 e. The number of methoxy groups -OCH3 is 1. The number of carbonyl (C=O) groups excluding carboxylic acids is 1. The van der Waals surface area contributed by atoms with Crippen molar-refractivity contribution in [2.75, 3.05) is 7.11 Å². The van der Waals surface area contributed by atoms with Crippen molar-refractivity contribution in [3.8, 4) is 11.1 Å². The number of nitrogens with zero attached hydrogens (tertiary/aromatic N) is 2. The second-order valence-corrected chi connectivity index (χ2v) is 7.88. The van der Waals surface area contributed by atoms with Gasteiger partial charge in [-0.15, -0.1) is 11.3 Å². The molecule has 7 heteroatoms. The summed E-state index contributed by atoms with van der Waals surface area (Å²) in [7, 11) is 1.37. The zero-order chi connectivity index (χ0) is 19.6. The van der Waals surface area contributed by atoms with Gasteiger partial charge in [-0.3, -0.25) is 14.2 Å². The number of fused-ring (bicyclic) bond motifs is 1. The first-order valence-electron chi connectivity index (χ1n) is 8.81. The summed E-state index contributed by atoms with van der Waals surface area (Å²) in [5, 5.41) is 1.29. The number of benzene rings is 1. The number of rotatable bonds is 6. The minimum atomic E-state index is -0.275. The maximum absolute atomic E-state index is 13.3. The molecular weight excluding hydrogens is 384 g/mol. The van der Waals surface area contributed by atoms with E-state index in [1.807, 2.05) is 38.1 Å². The number of ether oxygens (including phenoxy) is 1. The second-order valence-electron chi connectivity index (χ2n) is 6.24. The number of thiophene rings is 1. The van der Waals surface area contributed by atoms with Crippen LogP contribution in [0.5, 0.6) is 0 Å². The Morgan fingerprint density at radius 2 is 2.00 bits per heavy atom. The van der Waals surface area contributed by atoms with Gasteiger partial charge >= 0.3 is 5.97 Å². The first-order chi connectivity index (χ1) is 13.0. The molecule has 1 aromatic carbocycles. The number of carbonyl (C=O) groups is 1. The summed E-state index contributed by atoms with van der Waals surface area (Å²) in [6.07, 6.45) is 1.46. The lowest BCUT2D eigenvalue weighted by Gasteiger charge is -2.11. The number of esters is 1. The highest BCUT2D eigenvalue weighted by atomic mass is 35.5. The molecule has 0 saturated heterocycles. The predicted octanol–water partition coefficient (Wildman–Crippen LogP) is 4.60. The molecule has 0 unspecified atom stereocenters.